The first-order valence-electron chi connectivity index (χ1n) is 9.66. The van der Waals surface area contributed by atoms with E-state index in [1.54, 1.807) is 24.3 Å². The van der Waals surface area contributed by atoms with Crippen LogP contribution in [0.1, 0.15) is 33.6 Å². The Bertz CT molecular complexity index is 866. The summed E-state index contributed by atoms with van der Waals surface area (Å²) in [5.74, 6) is -0.997. The van der Waals surface area contributed by atoms with E-state index in [2.05, 4.69) is 10.2 Å². The minimum absolute atomic E-state index is 0.0934. The van der Waals surface area contributed by atoms with Crippen molar-refractivity contribution in [3.8, 4) is 5.75 Å². The SMILES string of the molecule is COc1cccc(C(=O)CCCN2CCOCC2)c1NC(=O)c1ccccc1F. The summed E-state index contributed by atoms with van der Waals surface area (Å²) in [6.45, 7) is 4.00. The fourth-order valence-corrected chi connectivity index (χ4v) is 3.31. The molecule has 0 aromatic heterocycles. The van der Waals surface area contributed by atoms with Crippen LogP contribution in [0.2, 0.25) is 0 Å². The van der Waals surface area contributed by atoms with E-state index in [-0.39, 0.29) is 17.0 Å². The Labute approximate surface area is 169 Å². The molecule has 0 radical (unpaired) electrons. The molecule has 29 heavy (non-hydrogen) atoms. The Morgan fingerprint density at radius 2 is 1.83 bits per heavy atom. The number of rotatable bonds is 8. The molecular formula is C22H25FN2O4. The molecule has 6 nitrogen and oxygen atoms in total. The van der Waals surface area contributed by atoms with Crippen LogP contribution in [0.5, 0.6) is 5.75 Å². The van der Waals surface area contributed by atoms with Gasteiger partial charge in [-0.1, -0.05) is 18.2 Å². The van der Waals surface area contributed by atoms with Gasteiger partial charge in [0.2, 0.25) is 0 Å². The van der Waals surface area contributed by atoms with Gasteiger partial charge in [-0.2, -0.15) is 0 Å². The number of hydrogen-bond acceptors (Lipinski definition) is 5. The van der Waals surface area contributed by atoms with E-state index in [1.165, 1.54) is 25.3 Å². The molecule has 1 aliphatic heterocycles. The first-order chi connectivity index (χ1) is 14.1. The highest BCUT2D eigenvalue weighted by Gasteiger charge is 2.20. The lowest BCUT2D eigenvalue weighted by Gasteiger charge is -2.26. The fourth-order valence-electron chi connectivity index (χ4n) is 3.31. The molecule has 1 aliphatic rings. The average molecular weight is 400 g/mol. The molecule has 0 spiro atoms. The largest absolute Gasteiger partial charge is 0.495 e. The van der Waals surface area contributed by atoms with Gasteiger partial charge in [-0.25, -0.2) is 4.39 Å². The van der Waals surface area contributed by atoms with Gasteiger partial charge in [0.05, 0.1) is 31.6 Å². The molecular weight excluding hydrogens is 375 g/mol. The number of para-hydroxylation sites is 1. The molecule has 0 atom stereocenters. The van der Waals surface area contributed by atoms with Gasteiger partial charge in [-0.15, -0.1) is 0 Å². The van der Waals surface area contributed by atoms with Crippen LogP contribution in [0.4, 0.5) is 10.1 Å². The third-order valence-electron chi connectivity index (χ3n) is 4.89. The minimum Gasteiger partial charge on any atom is -0.495 e. The van der Waals surface area contributed by atoms with Crippen LogP contribution in [0.25, 0.3) is 0 Å². The Morgan fingerprint density at radius 3 is 2.55 bits per heavy atom. The zero-order valence-corrected chi connectivity index (χ0v) is 16.4. The number of halogens is 1. The number of benzene rings is 2. The molecule has 0 bridgehead atoms. The second-order valence-electron chi connectivity index (χ2n) is 6.80. The predicted octanol–water partition coefficient (Wildman–Crippen LogP) is 3.38. The van der Waals surface area contributed by atoms with Crippen molar-refractivity contribution in [2.24, 2.45) is 0 Å². The molecule has 3 rings (SSSR count). The summed E-state index contributed by atoms with van der Waals surface area (Å²) in [6, 6.07) is 10.7. The van der Waals surface area contributed by atoms with Crippen molar-refractivity contribution in [1.29, 1.82) is 0 Å². The molecule has 0 saturated carbocycles. The van der Waals surface area contributed by atoms with Gasteiger partial charge in [-0.3, -0.25) is 14.5 Å². The van der Waals surface area contributed by atoms with Crippen LogP contribution in [-0.4, -0.2) is 56.5 Å². The lowest BCUT2D eigenvalue weighted by atomic mass is 10.0. The van der Waals surface area contributed by atoms with E-state index in [4.69, 9.17) is 9.47 Å². The van der Waals surface area contributed by atoms with E-state index in [9.17, 15) is 14.0 Å². The molecule has 1 saturated heterocycles. The Kier molecular flexibility index (Phi) is 7.32. The smallest absolute Gasteiger partial charge is 0.258 e. The van der Waals surface area contributed by atoms with Crippen molar-refractivity contribution in [2.75, 3.05) is 45.3 Å². The van der Waals surface area contributed by atoms with Crippen molar-refractivity contribution in [3.63, 3.8) is 0 Å². The molecule has 7 heteroatoms. The average Bonchev–Trinajstić information content (AvgIpc) is 2.74. The molecule has 0 aliphatic carbocycles. The van der Waals surface area contributed by atoms with Gasteiger partial charge in [0.15, 0.2) is 5.78 Å². The zero-order chi connectivity index (χ0) is 20.6. The topological polar surface area (TPSA) is 67.9 Å². The van der Waals surface area contributed by atoms with Gasteiger partial charge < -0.3 is 14.8 Å². The molecule has 0 unspecified atom stereocenters. The number of ether oxygens (including phenoxy) is 2. The predicted molar refractivity (Wildman–Crippen MR) is 108 cm³/mol. The fraction of sp³-hybridized carbons (Fsp3) is 0.364. The number of carbonyl (C=O) groups is 2. The monoisotopic (exact) mass is 400 g/mol. The van der Waals surface area contributed by atoms with Gasteiger partial charge in [0, 0.05) is 25.1 Å². The van der Waals surface area contributed by atoms with E-state index in [1.807, 2.05) is 0 Å². The second kappa shape index (κ2) is 10.1. The van der Waals surface area contributed by atoms with Gasteiger partial charge in [0.1, 0.15) is 11.6 Å². The molecule has 1 N–H and O–H groups in total. The van der Waals surface area contributed by atoms with Crippen molar-refractivity contribution in [3.05, 3.63) is 59.4 Å². The minimum atomic E-state index is -0.630. The Morgan fingerprint density at radius 1 is 1.10 bits per heavy atom. The number of anilines is 1. The number of Topliss-reactive ketones (excluding diaryl/α,β-unsaturated/α-hetero) is 1. The maximum atomic E-state index is 14.0. The number of carbonyl (C=O) groups excluding carboxylic acids is 2. The number of nitrogens with one attached hydrogen (secondary N) is 1. The van der Waals surface area contributed by atoms with Crippen LogP contribution in [0, 0.1) is 5.82 Å². The highest BCUT2D eigenvalue weighted by Crippen LogP contribution is 2.30. The van der Waals surface area contributed by atoms with E-state index in [0.29, 0.717) is 24.2 Å². The summed E-state index contributed by atoms with van der Waals surface area (Å²) in [4.78, 5) is 27.7. The molecule has 1 amide bonds. The first-order valence-corrected chi connectivity index (χ1v) is 9.66. The van der Waals surface area contributed by atoms with E-state index < -0.39 is 11.7 Å². The molecule has 2 aromatic carbocycles. The third kappa shape index (κ3) is 5.40. The normalized spacial score (nSPS) is 14.4. The van der Waals surface area contributed by atoms with Crippen molar-refractivity contribution >= 4 is 17.4 Å². The number of hydrogen-bond donors (Lipinski definition) is 1. The molecule has 154 valence electrons. The van der Waals surface area contributed by atoms with Crippen molar-refractivity contribution in [1.82, 2.24) is 4.90 Å². The van der Waals surface area contributed by atoms with Crippen molar-refractivity contribution in [2.45, 2.75) is 12.8 Å². The van der Waals surface area contributed by atoms with E-state index >= 15 is 0 Å². The van der Waals surface area contributed by atoms with E-state index in [0.717, 1.165) is 32.8 Å². The summed E-state index contributed by atoms with van der Waals surface area (Å²) >= 11 is 0. The van der Waals surface area contributed by atoms with Crippen LogP contribution in [0.3, 0.4) is 0 Å². The van der Waals surface area contributed by atoms with Crippen LogP contribution >= 0.6 is 0 Å². The number of nitrogens with zero attached hydrogens (tertiary/aromatic N) is 1. The summed E-state index contributed by atoms with van der Waals surface area (Å²) < 4.78 is 24.6. The number of morpholine rings is 1. The molecule has 1 fully saturated rings. The van der Waals surface area contributed by atoms with Crippen LogP contribution in [0.15, 0.2) is 42.5 Å². The third-order valence-corrected chi connectivity index (χ3v) is 4.89. The summed E-state index contributed by atoms with van der Waals surface area (Å²) in [5, 5.41) is 2.66. The number of ketones is 1. The van der Waals surface area contributed by atoms with Crippen LogP contribution in [-0.2, 0) is 4.74 Å². The summed E-state index contributed by atoms with van der Waals surface area (Å²) in [5.41, 5.74) is 0.528. The van der Waals surface area contributed by atoms with Crippen LogP contribution < -0.4 is 10.1 Å². The lowest BCUT2D eigenvalue weighted by molar-refractivity contribution is 0.0371. The molecule has 2 aromatic rings. The van der Waals surface area contributed by atoms with Crippen molar-refractivity contribution < 1.29 is 23.5 Å². The maximum absolute atomic E-state index is 14.0. The second-order valence-corrected chi connectivity index (χ2v) is 6.80. The first kappa shape index (κ1) is 21.0. The highest BCUT2D eigenvalue weighted by atomic mass is 19.1. The quantitative estimate of drug-likeness (QED) is 0.688. The lowest BCUT2D eigenvalue weighted by Crippen LogP contribution is -2.36. The Hall–Kier alpha value is -2.77. The number of methoxy groups -OCH3 is 1. The highest BCUT2D eigenvalue weighted by molar-refractivity contribution is 6.10. The number of amides is 1. The maximum Gasteiger partial charge on any atom is 0.258 e. The van der Waals surface area contributed by atoms with Gasteiger partial charge >= 0.3 is 0 Å². The molecule has 1 heterocycles. The van der Waals surface area contributed by atoms with Gasteiger partial charge in [0.25, 0.3) is 5.91 Å². The summed E-state index contributed by atoms with van der Waals surface area (Å²) in [6.07, 6.45) is 1.05. The standard InChI is InChI=1S/C22H25FN2O4/c1-28-20-10-4-7-17(19(26)9-5-11-25-12-14-29-15-13-25)21(20)24-22(27)16-6-2-3-8-18(16)23/h2-4,6-8,10H,5,9,11-15H2,1H3,(H,24,27). The Balaban J connectivity index is 1.72. The zero-order valence-electron chi connectivity index (χ0n) is 16.4. The van der Waals surface area contributed by atoms with Gasteiger partial charge in [-0.05, 0) is 37.2 Å². The summed E-state index contributed by atoms with van der Waals surface area (Å²) in [7, 11) is 1.46.